The van der Waals surface area contributed by atoms with Crippen molar-refractivity contribution in [2.24, 2.45) is 17.8 Å². The summed E-state index contributed by atoms with van der Waals surface area (Å²) in [5.41, 5.74) is 2.01. The van der Waals surface area contributed by atoms with Gasteiger partial charge in [-0.2, -0.15) is 0 Å². The number of fused-ring (bicyclic) bond motifs is 1. The van der Waals surface area contributed by atoms with E-state index in [1.54, 1.807) is 24.3 Å². The fourth-order valence-electron chi connectivity index (χ4n) is 6.65. The first-order valence-electron chi connectivity index (χ1n) is 11.3. The number of anilines is 2. The summed E-state index contributed by atoms with van der Waals surface area (Å²) in [6.07, 6.45) is 7.84. The summed E-state index contributed by atoms with van der Waals surface area (Å²) in [6, 6.07) is 16.1. The van der Waals surface area contributed by atoms with Crippen LogP contribution in [0, 0.1) is 17.8 Å². The molecule has 0 spiro atoms. The summed E-state index contributed by atoms with van der Waals surface area (Å²) in [4.78, 5) is 25.3. The van der Waals surface area contributed by atoms with Crippen molar-refractivity contribution in [1.29, 1.82) is 0 Å². The van der Waals surface area contributed by atoms with Gasteiger partial charge in [0.2, 0.25) is 0 Å². The van der Waals surface area contributed by atoms with Crippen LogP contribution in [0.3, 0.4) is 0 Å². The van der Waals surface area contributed by atoms with Crippen molar-refractivity contribution in [3.8, 4) is 0 Å². The van der Waals surface area contributed by atoms with Crippen molar-refractivity contribution >= 4 is 28.3 Å². The van der Waals surface area contributed by atoms with Crippen molar-refractivity contribution in [2.45, 2.75) is 44.1 Å². The Balaban J connectivity index is 1.27. The van der Waals surface area contributed by atoms with Crippen LogP contribution in [0.25, 0.3) is 11.0 Å². The van der Waals surface area contributed by atoms with Crippen LogP contribution in [0.15, 0.2) is 63.8 Å². The monoisotopic (exact) mass is 414 g/mol. The number of hydrogen-bond donors (Lipinski definition) is 2. The van der Waals surface area contributed by atoms with E-state index < -0.39 is 5.91 Å². The van der Waals surface area contributed by atoms with E-state index in [9.17, 15) is 9.59 Å². The third kappa shape index (κ3) is 3.32. The predicted molar refractivity (Wildman–Crippen MR) is 121 cm³/mol. The van der Waals surface area contributed by atoms with E-state index in [-0.39, 0.29) is 16.7 Å². The Bertz CT molecular complexity index is 1190. The fraction of sp³-hybridized carbons (Fsp3) is 0.385. The summed E-state index contributed by atoms with van der Waals surface area (Å²) >= 11 is 0. The summed E-state index contributed by atoms with van der Waals surface area (Å²) in [5.74, 6) is 2.13. The summed E-state index contributed by atoms with van der Waals surface area (Å²) in [7, 11) is 0. The van der Waals surface area contributed by atoms with Crippen molar-refractivity contribution in [2.75, 3.05) is 10.6 Å². The number of benzene rings is 2. The van der Waals surface area contributed by atoms with E-state index in [1.165, 1.54) is 44.6 Å². The molecule has 0 saturated heterocycles. The zero-order valence-corrected chi connectivity index (χ0v) is 17.4. The molecule has 3 aromatic rings. The van der Waals surface area contributed by atoms with Gasteiger partial charge in [-0.05, 0) is 80.5 Å². The molecular formula is C26H26N2O3. The van der Waals surface area contributed by atoms with Gasteiger partial charge in [0, 0.05) is 11.6 Å². The minimum atomic E-state index is -0.414. The van der Waals surface area contributed by atoms with Crippen molar-refractivity contribution in [1.82, 2.24) is 0 Å². The Morgan fingerprint density at radius 2 is 1.48 bits per heavy atom. The molecule has 4 fully saturated rings. The standard InChI is InChI=1S/C26H26N2O3/c29-22-12-24(31-23-8-4-1-5-19(22)23)25(30)27-20-6-2-3-7-21(20)28-26-13-16-9-17(14-26)11-18(10-16)15-26/h1-8,12,16-18,28H,9-11,13-15H2,(H,27,30). The van der Waals surface area contributed by atoms with E-state index in [4.69, 9.17) is 4.42 Å². The molecule has 0 unspecified atom stereocenters. The largest absolute Gasteiger partial charge is 0.451 e. The lowest BCUT2D eigenvalue weighted by Gasteiger charge is -2.57. The lowest BCUT2D eigenvalue weighted by atomic mass is 9.53. The maximum atomic E-state index is 13.0. The third-order valence-corrected chi connectivity index (χ3v) is 7.47. The van der Waals surface area contributed by atoms with Gasteiger partial charge in [-0.25, -0.2) is 0 Å². The topological polar surface area (TPSA) is 71.3 Å². The van der Waals surface area contributed by atoms with Gasteiger partial charge in [0.1, 0.15) is 5.58 Å². The molecule has 5 heteroatoms. The van der Waals surface area contributed by atoms with Crippen molar-refractivity contribution in [3.05, 3.63) is 70.6 Å². The SMILES string of the molecule is O=C(Nc1ccccc1NC12CC3CC(CC(C3)C1)C2)c1cc(=O)c2ccccc2o1. The molecule has 0 radical (unpaired) electrons. The van der Waals surface area contributed by atoms with Crippen LogP contribution < -0.4 is 16.1 Å². The minimum absolute atomic E-state index is 0.0216. The quantitative estimate of drug-likeness (QED) is 0.597. The summed E-state index contributed by atoms with van der Waals surface area (Å²) in [6.45, 7) is 0. The molecule has 5 nitrogen and oxygen atoms in total. The molecule has 7 rings (SSSR count). The molecule has 0 aliphatic heterocycles. The number of hydrogen-bond acceptors (Lipinski definition) is 4. The Morgan fingerprint density at radius 1 is 0.871 bits per heavy atom. The normalized spacial score (nSPS) is 28.6. The molecule has 4 aliphatic rings. The highest BCUT2D eigenvalue weighted by Gasteiger charge is 2.51. The van der Waals surface area contributed by atoms with Gasteiger partial charge < -0.3 is 15.1 Å². The van der Waals surface area contributed by atoms with E-state index in [2.05, 4.69) is 10.6 Å². The van der Waals surface area contributed by atoms with Gasteiger partial charge in [-0.15, -0.1) is 0 Å². The first-order chi connectivity index (χ1) is 15.1. The van der Waals surface area contributed by atoms with Gasteiger partial charge in [-0.1, -0.05) is 24.3 Å². The van der Waals surface area contributed by atoms with Crippen LogP contribution in [-0.2, 0) is 0 Å². The van der Waals surface area contributed by atoms with Crippen LogP contribution in [0.1, 0.15) is 49.1 Å². The van der Waals surface area contributed by atoms with Gasteiger partial charge in [-0.3, -0.25) is 9.59 Å². The average molecular weight is 415 g/mol. The zero-order chi connectivity index (χ0) is 21.0. The second-order valence-corrected chi connectivity index (χ2v) is 9.79. The molecule has 2 N–H and O–H groups in total. The number of nitrogens with one attached hydrogen (secondary N) is 2. The molecule has 31 heavy (non-hydrogen) atoms. The molecule has 0 atom stereocenters. The zero-order valence-electron chi connectivity index (χ0n) is 17.4. The van der Waals surface area contributed by atoms with Gasteiger partial charge in [0.15, 0.2) is 11.2 Å². The Morgan fingerprint density at radius 3 is 2.19 bits per heavy atom. The highest BCUT2D eigenvalue weighted by atomic mass is 16.3. The van der Waals surface area contributed by atoms with E-state index >= 15 is 0 Å². The van der Waals surface area contributed by atoms with Gasteiger partial charge in [0.05, 0.1) is 16.8 Å². The first-order valence-corrected chi connectivity index (χ1v) is 11.3. The summed E-state index contributed by atoms with van der Waals surface area (Å²) < 4.78 is 5.72. The van der Waals surface area contributed by atoms with Gasteiger partial charge in [0.25, 0.3) is 5.91 Å². The second kappa shape index (κ2) is 6.98. The third-order valence-electron chi connectivity index (χ3n) is 7.47. The maximum Gasteiger partial charge on any atom is 0.291 e. The van der Waals surface area contributed by atoms with Crippen molar-refractivity contribution in [3.63, 3.8) is 0 Å². The van der Waals surface area contributed by atoms with Crippen LogP contribution >= 0.6 is 0 Å². The minimum Gasteiger partial charge on any atom is -0.451 e. The molecule has 1 aromatic heterocycles. The number of rotatable bonds is 4. The second-order valence-electron chi connectivity index (χ2n) is 9.79. The average Bonchev–Trinajstić information content (AvgIpc) is 2.74. The molecule has 1 heterocycles. The van der Waals surface area contributed by atoms with E-state index in [0.29, 0.717) is 11.0 Å². The summed E-state index contributed by atoms with van der Waals surface area (Å²) in [5, 5.41) is 7.29. The lowest BCUT2D eigenvalue weighted by molar-refractivity contribution is 0.0107. The fourth-order valence-corrected chi connectivity index (χ4v) is 6.65. The Hall–Kier alpha value is -3.08. The Kier molecular flexibility index (Phi) is 4.20. The molecule has 4 aliphatic carbocycles. The number of carbonyl (C=O) groups is 1. The van der Waals surface area contributed by atoms with Crippen LogP contribution in [0.5, 0.6) is 0 Å². The van der Waals surface area contributed by atoms with Crippen LogP contribution in [0.2, 0.25) is 0 Å². The van der Waals surface area contributed by atoms with Crippen LogP contribution in [-0.4, -0.2) is 11.4 Å². The highest BCUT2D eigenvalue weighted by molar-refractivity contribution is 6.04. The van der Waals surface area contributed by atoms with Crippen molar-refractivity contribution < 1.29 is 9.21 Å². The predicted octanol–water partition coefficient (Wildman–Crippen LogP) is 5.43. The smallest absolute Gasteiger partial charge is 0.291 e. The number of para-hydroxylation sites is 3. The molecule has 4 bridgehead atoms. The molecule has 1 amide bonds. The Labute approximate surface area is 180 Å². The lowest BCUT2D eigenvalue weighted by Crippen LogP contribution is -2.54. The maximum absolute atomic E-state index is 13.0. The number of carbonyl (C=O) groups excluding carboxylic acids is 1. The molecule has 2 aromatic carbocycles. The molecule has 158 valence electrons. The molecule has 4 saturated carbocycles. The highest BCUT2D eigenvalue weighted by Crippen LogP contribution is 2.56. The van der Waals surface area contributed by atoms with Crippen LogP contribution in [0.4, 0.5) is 11.4 Å². The molecular weight excluding hydrogens is 388 g/mol. The van der Waals surface area contributed by atoms with Gasteiger partial charge >= 0.3 is 0 Å². The first kappa shape index (κ1) is 18.7. The van der Waals surface area contributed by atoms with E-state index in [1.807, 2.05) is 24.3 Å². The van der Waals surface area contributed by atoms with E-state index in [0.717, 1.165) is 29.1 Å². The number of amides is 1.